The molecule has 0 radical (unpaired) electrons. The number of halogens is 1. The van der Waals surface area contributed by atoms with Crippen molar-refractivity contribution in [2.24, 2.45) is 0 Å². The van der Waals surface area contributed by atoms with Crippen LogP contribution >= 0.6 is 11.6 Å². The first-order valence-electron chi connectivity index (χ1n) is 8.98. The first-order valence-corrected chi connectivity index (χ1v) is 9.35. The predicted octanol–water partition coefficient (Wildman–Crippen LogP) is 3.19. The Morgan fingerprint density at radius 3 is 3.07 bits per heavy atom. The molecular weight excluding hydrogens is 394 g/mol. The van der Waals surface area contributed by atoms with Crippen LogP contribution < -0.4 is 15.4 Å². The van der Waals surface area contributed by atoms with E-state index in [-0.39, 0.29) is 30.9 Å². The van der Waals surface area contributed by atoms with Crippen LogP contribution in [0.3, 0.4) is 0 Å². The van der Waals surface area contributed by atoms with Crippen LogP contribution in [0, 0.1) is 6.92 Å². The quantitative estimate of drug-likeness (QED) is 0.671. The Labute approximate surface area is 171 Å². The molecular formula is C20H18ClN5O3. The molecule has 1 aliphatic heterocycles. The lowest BCUT2D eigenvalue weighted by Crippen LogP contribution is -2.29. The molecule has 0 saturated carbocycles. The summed E-state index contributed by atoms with van der Waals surface area (Å²) < 4.78 is 7.31. The molecule has 29 heavy (non-hydrogen) atoms. The smallest absolute Gasteiger partial charge is 0.262 e. The van der Waals surface area contributed by atoms with Crippen molar-refractivity contribution >= 4 is 35.1 Å². The monoisotopic (exact) mass is 411 g/mol. The van der Waals surface area contributed by atoms with Gasteiger partial charge in [-0.3, -0.25) is 14.9 Å². The molecule has 8 nitrogen and oxygen atoms in total. The lowest BCUT2D eigenvalue weighted by atomic mass is 10.0. The average molecular weight is 412 g/mol. The number of amides is 2. The first kappa shape index (κ1) is 18.9. The molecule has 3 aromatic rings. The summed E-state index contributed by atoms with van der Waals surface area (Å²) in [5.74, 6) is 0.511. The maximum Gasteiger partial charge on any atom is 0.262 e. The molecule has 2 amide bonds. The third-order valence-corrected chi connectivity index (χ3v) is 4.82. The third-order valence-electron chi connectivity index (χ3n) is 4.58. The molecule has 0 aliphatic carbocycles. The van der Waals surface area contributed by atoms with Crippen LogP contribution in [0.2, 0.25) is 5.02 Å². The van der Waals surface area contributed by atoms with Gasteiger partial charge in [0.1, 0.15) is 12.1 Å². The van der Waals surface area contributed by atoms with E-state index in [1.54, 1.807) is 28.9 Å². The van der Waals surface area contributed by atoms with Crippen LogP contribution in [0.1, 0.15) is 23.6 Å². The number of rotatable bonds is 5. The van der Waals surface area contributed by atoms with Crippen molar-refractivity contribution in [3.8, 4) is 5.75 Å². The number of anilines is 2. The summed E-state index contributed by atoms with van der Waals surface area (Å²) in [7, 11) is 0. The van der Waals surface area contributed by atoms with E-state index in [1.807, 2.05) is 25.1 Å². The lowest BCUT2D eigenvalue weighted by molar-refractivity contribution is -0.118. The molecule has 2 heterocycles. The van der Waals surface area contributed by atoms with Crippen molar-refractivity contribution in [2.45, 2.75) is 19.4 Å². The van der Waals surface area contributed by atoms with Gasteiger partial charge in [0.25, 0.3) is 5.91 Å². The van der Waals surface area contributed by atoms with Gasteiger partial charge in [0, 0.05) is 10.7 Å². The van der Waals surface area contributed by atoms with E-state index in [9.17, 15) is 9.59 Å². The number of hydrogen-bond donors (Lipinski definition) is 2. The van der Waals surface area contributed by atoms with Crippen LogP contribution in [-0.4, -0.2) is 33.2 Å². The number of nitrogens with one attached hydrogen (secondary N) is 2. The van der Waals surface area contributed by atoms with Gasteiger partial charge < -0.3 is 10.1 Å². The van der Waals surface area contributed by atoms with Gasteiger partial charge in [-0.05, 0) is 42.3 Å². The normalized spacial score (nSPS) is 15.4. The number of fused-ring (bicyclic) bond motifs is 1. The van der Waals surface area contributed by atoms with Gasteiger partial charge in [-0.2, -0.15) is 10.1 Å². The van der Waals surface area contributed by atoms with Crippen molar-refractivity contribution < 1.29 is 14.3 Å². The van der Waals surface area contributed by atoms with E-state index in [0.717, 1.165) is 11.1 Å². The van der Waals surface area contributed by atoms with E-state index in [1.165, 1.54) is 6.33 Å². The van der Waals surface area contributed by atoms with Crippen LogP contribution in [0.4, 0.5) is 11.6 Å². The van der Waals surface area contributed by atoms with Gasteiger partial charge in [0.05, 0.1) is 12.5 Å². The molecule has 0 fully saturated rings. The van der Waals surface area contributed by atoms with E-state index in [2.05, 4.69) is 20.7 Å². The van der Waals surface area contributed by atoms with Crippen LogP contribution in [0.15, 0.2) is 48.8 Å². The number of benzene rings is 2. The summed E-state index contributed by atoms with van der Waals surface area (Å²) in [4.78, 5) is 28.2. The standard InChI is InChI=1S/C20H18ClN5O3/c1-12-5-6-14(21)8-16(12)24-19(28)10-29-15-4-2-3-13(7-15)17-9-18(27)25-20-22-11-23-26(17)20/h2-8,11,17H,9-10H2,1H3,(H,24,28)(H,22,23,25,27)/t17-/m0/s1. The Balaban J connectivity index is 1.44. The highest BCUT2D eigenvalue weighted by Gasteiger charge is 2.27. The summed E-state index contributed by atoms with van der Waals surface area (Å²) in [6.45, 7) is 1.73. The number of carbonyl (C=O) groups is 2. The van der Waals surface area contributed by atoms with Crippen LogP contribution in [0.25, 0.3) is 0 Å². The molecule has 0 unspecified atom stereocenters. The Bertz CT molecular complexity index is 1080. The molecule has 0 bridgehead atoms. The average Bonchev–Trinajstić information content (AvgIpc) is 3.17. The fourth-order valence-electron chi connectivity index (χ4n) is 3.14. The maximum absolute atomic E-state index is 12.3. The number of aromatic nitrogens is 3. The predicted molar refractivity (Wildman–Crippen MR) is 108 cm³/mol. The molecule has 1 aromatic heterocycles. The van der Waals surface area contributed by atoms with Crippen molar-refractivity contribution in [3.63, 3.8) is 0 Å². The Kier molecular flexibility index (Phi) is 5.18. The second kappa shape index (κ2) is 7.92. The number of hydrogen-bond acceptors (Lipinski definition) is 5. The van der Waals surface area contributed by atoms with Gasteiger partial charge in [-0.15, -0.1) is 0 Å². The fourth-order valence-corrected chi connectivity index (χ4v) is 3.31. The molecule has 2 N–H and O–H groups in total. The SMILES string of the molecule is Cc1ccc(Cl)cc1NC(=O)COc1cccc([C@@H]2CC(=O)Nc3ncnn32)c1. The number of ether oxygens (including phenoxy) is 1. The summed E-state index contributed by atoms with van der Waals surface area (Å²) >= 11 is 5.98. The highest BCUT2D eigenvalue weighted by Crippen LogP contribution is 2.30. The van der Waals surface area contributed by atoms with E-state index in [0.29, 0.717) is 22.4 Å². The van der Waals surface area contributed by atoms with Gasteiger partial charge in [-0.25, -0.2) is 4.68 Å². The molecule has 1 atom stereocenters. The fraction of sp³-hybridized carbons (Fsp3) is 0.200. The van der Waals surface area contributed by atoms with Crippen LogP contribution in [0.5, 0.6) is 5.75 Å². The zero-order valence-corrected chi connectivity index (χ0v) is 16.3. The second-order valence-corrected chi connectivity index (χ2v) is 7.10. The topological polar surface area (TPSA) is 98.1 Å². The first-order chi connectivity index (χ1) is 14.0. The highest BCUT2D eigenvalue weighted by molar-refractivity contribution is 6.31. The summed E-state index contributed by atoms with van der Waals surface area (Å²) in [5, 5.41) is 10.2. The zero-order chi connectivity index (χ0) is 20.4. The van der Waals surface area contributed by atoms with Crippen LogP contribution in [-0.2, 0) is 9.59 Å². The Morgan fingerprint density at radius 2 is 2.21 bits per heavy atom. The number of aryl methyl sites for hydroxylation is 1. The van der Waals surface area contributed by atoms with E-state index >= 15 is 0 Å². The summed E-state index contributed by atoms with van der Waals surface area (Å²) in [6, 6.07) is 12.3. The van der Waals surface area contributed by atoms with Gasteiger partial charge in [-0.1, -0.05) is 29.8 Å². The molecule has 4 rings (SSSR count). The van der Waals surface area contributed by atoms with Gasteiger partial charge >= 0.3 is 0 Å². The Hall–Kier alpha value is -3.39. The maximum atomic E-state index is 12.3. The van der Waals surface area contributed by atoms with Crippen molar-refractivity contribution in [3.05, 3.63) is 64.9 Å². The van der Waals surface area contributed by atoms with E-state index < -0.39 is 0 Å². The minimum Gasteiger partial charge on any atom is -0.484 e. The minimum absolute atomic E-state index is 0.127. The zero-order valence-electron chi connectivity index (χ0n) is 15.6. The van der Waals surface area contributed by atoms with Gasteiger partial charge in [0.15, 0.2) is 6.61 Å². The lowest BCUT2D eigenvalue weighted by Gasteiger charge is -2.24. The number of carbonyl (C=O) groups excluding carboxylic acids is 2. The molecule has 0 saturated heterocycles. The molecule has 148 valence electrons. The minimum atomic E-state index is -0.295. The van der Waals surface area contributed by atoms with Gasteiger partial charge in [0.2, 0.25) is 11.9 Å². The second-order valence-electron chi connectivity index (χ2n) is 6.66. The van der Waals surface area contributed by atoms with Crippen molar-refractivity contribution in [2.75, 3.05) is 17.2 Å². The molecule has 0 spiro atoms. The largest absolute Gasteiger partial charge is 0.484 e. The molecule has 2 aromatic carbocycles. The van der Waals surface area contributed by atoms with Crippen molar-refractivity contribution in [1.29, 1.82) is 0 Å². The summed E-state index contributed by atoms with van der Waals surface area (Å²) in [5.41, 5.74) is 2.39. The third kappa shape index (κ3) is 4.22. The van der Waals surface area contributed by atoms with Crippen molar-refractivity contribution in [1.82, 2.24) is 14.8 Å². The number of nitrogens with zero attached hydrogens (tertiary/aromatic N) is 3. The highest BCUT2D eigenvalue weighted by atomic mass is 35.5. The Morgan fingerprint density at radius 1 is 1.34 bits per heavy atom. The molecule has 9 heteroatoms. The summed E-state index contributed by atoms with van der Waals surface area (Å²) in [6.07, 6.45) is 1.64. The van der Waals surface area contributed by atoms with E-state index in [4.69, 9.17) is 16.3 Å². The molecule has 1 aliphatic rings.